The van der Waals surface area contributed by atoms with Crippen LogP contribution in [-0.4, -0.2) is 38.5 Å². The van der Waals surface area contributed by atoms with E-state index in [2.05, 4.69) is 18.1 Å². The van der Waals surface area contributed by atoms with Crippen molar-refractivity contribution in [3.05, 3.63) is 29.2 Å². The summed E-state index contributed by atoms with van der Waals surface area (Å²) in [6.45, 7) is 3.86. The zero-order valence-corrected chi connectivity index (χ0v) is 17.3. The molecule has 0 bridgehead atoms. The smallest absolute Gasteiger partial charge is 0.274 e. The van der Waals surface area contributed by atoms with E-state index in [-0.39, 0.29) is 5.91 Å². The number of likely N-dealkylation sites (tertiary alicyclic amines) is 1. The molecule has 4 rings (SSSR count). The van der Waals surface area contributed by atoms with Crippen LogP contribution in [0.4, 0.5) is 0 Å². The first-order valence-electron chi connectivity index (χ1n) is 11.4. The highest BCUT2D eigenvalue weighted by Gasteiger charge is 2.22. The Hall–Kier alpha value is -1.91. The molecule has 2 aromatic heterocycles. The number of rotatable bonds is 4. The SMILES string of the molecule is CCc1cc(CC2CCCCCC2)nc2cc(C(=O)N3CCCCCC3)nn12. The number of hydrogen-bond donors (Lipinski definition) is 0. The van der Waals surface area contributed by atoms with E-state index < -0.39 is 0 Å². The van der Waals surface area contributed by atoms with Crippen molar-refractivity contribution in [1.29, 1.82) is 0 Å². The second-order valence-electron chi connectivity index (χ2n) is 8.66. The first kappa shape index (κ1) is 19.4. The van der Waals surface area contributed by atoms with E-state index in [0.29, 0.717) is 5.69 Å². The number of nitrogens with zero attached hydrogens (tertiary/aromatic N) is 4. The second-order valence-corrected chi connectivity index (χ2v) is 8.66. The van der Waals surface area contributed by atoms with Crippen molar-refractivity contribution < 1.29 is 4.79 Å². The predicted octanol–water partition coefficient (Wildman–Crippen LogP) is 4.82. The Bertz CT molecular complexity index is 796. The number of hydrogen-bond acceptors (Lipinski definition) is 3. The molecular formula is C23H34N4O. The fraction of sp³-hybridized carbons (Fsp3) is 0.696. The summed E-state index contributed by atoms with van der Waals surface area (Å²) in [5.41, 5.74) is 3.71. The van der Waals surface area contributed by atoms with Crippen LogP contribution in [0.25, 0.3) is 5.65 Å². The largest absolute Gasteiger partial charge is 0.337 e. The van der Waals surface area contributed by atoms with Gasteiger partial charge in [0.1, 0.15) is 0 Å². The summed E-state index contributed by atoms with van der Waals surface area (Å²) in [5, 5.41) is 4.66. The summed E-state index contributed by atoms with van der Waals surface area (Å²) in [5.74, 6) is 0.822. The van der Waals surface area contributed by atoms with Crippen molar-refractivity contribution in [1.82, 2.24) is 19.5 Å². The molecule has 0 spiro atoms. The Balaban J connectivity index is 1.58. The van der Waals surface area contributed by atoms with Crippen LogP contribution in [0.15, 0.2) is 12.1 Å². The van der Waals surface area contributed by atoms with Crippen LogP contribution >= 0.6 is 0 Å². The van der Waals surface area contributed by atoms with Gasteiger partial charge < -0.3 is 4.90 Å². The zero-order chi connectivity index (χ0) is 19.3. The maximum absolute atomic E-state index is 13.0. The third-order valence-corrected chi connectivity index (χ3v) is 6.50. The lowest BCUT2D eigenvalue weighted by Gasteiger charge is -2.18. The van der Waals surface area contributed by atoms with Gasteiger partial charge in [0.05, 0.1) is 0 Å². The Morgan fingerprint density at radius 3 is 2.36 bits per heavy atom. The molecule has 1 saturated carbocycles. The van der Waals surface area contributed by atoms with Crippen molar-refractivity contribution in [2.75, 3.05) is 13.1 Å². The van der Waals surface area contributed by atoms with Crippen molar-refractivity contribution in [2.24, 2.45) is 5.92 Å². The number of aryl methyl sites for hydroxylation is 1. The normalized spacial score (nSPS) is 19.5. The van der Waals surface area contributed by atoms with Crippen LogP contribution in [0.2, 0.25) is 0 Å². The molecule has 1 amide bonds. The van der Waals surface area contributed by atoms with E-state index in [4.69, 9.17) is 4.98 Å². The van der Waals surface area contributed by atoms with E-state index in [9.17, 15) is 4.79 Å². The number of amides is 1. The van der Waals surface area contributed by atoms with Crippen molar-refractivity contribution in [3.63, 3.8) is 0 Å². The molecule has 0 unspecified atom stereocenters. The van der Waals surface area contributed by atoms with Gasteiger partial charge in [0.15, 0.2) is 11.3 Å². The van der Waals surface area contributed by atoms with Gasteiger partial charge in [-0.05, 0) is 37.7 Å². The van der Waals surface area contributed by atoms with Gasteiger partial charge >= 0.3 is 0 Å². The minimum Gasteiger partial charge on any atom is -0.337 e. The fourth-order valence-electron chi connectivity index (χ4n) is 4.86. The lowest BCUT2D eigenvalue weighted by molar-refractivity contribution is 0.0755. The molecule has 0 atom stereocenters. The van der Waals surface area contributed by atoms with Crippen LogP contribution in [0.3, 0.4) is 0 Å². The molecule has 1 saturated heterocycles. The van der Waals surface area contributed by atoms with Gasteiger partial charge in [-0.25, -0.2) is 9.50 Å². The van der Waals surface area contributed by atoms with Gasteiger partial charge in [-0.1, -0.05) is 58.3 Å². The highest BCUT2D eigenvalue weighted by atomic mass is 16.2. The number of carbonyl (C=O) groups excluding carboxylic acids is 1. The van der Waals surface area contributed by atoms with Crippen molar-refractivity contribution in [2.45, 2.75) is 84.0 Å². The van der Waals surface area contributed by atoms with Gasteiger partial charge in [0.2, 0.25) is 0 Å². The topological polar surface area (TPSA) is 50.5 Å². The third kappa shape index (κ3) is 4.39. The lowest BCUT2D eigenvalue weighted by atomic mass is 9.94. The molecule has 0 aromatic carbocycles. The maximum atomic E-state index is 13.0. The molecule has 2 fully saturated rings. The summed E-state index contributed by atoms with van der Waals surface area (Å²) < 4.78 is 1.89. The van der Waals surface area contributed by atoms with Gasteiger partial charge in [0.25, 0.3) is 5.91 Å². The van der Waals surface area contributed by atoms with Gasteiger partial charge in [-0.3, -0.25) is 4.79 Å². The molecule has 1 aliphatic carbocycles. The van der Waals surface area contributed by atoms with Gasteiger partial charge in [-0.2, -0.15) is 5.10 Å². The van der Waals surface area contributed by atoms with Crippen molar-refractivity contribution in [3.8, 4) is 0 Å². The number of carbonyl (C=O) groups is 1. The quantitative estimate of drug-likeness (QED) is 0.712. The minimum absolute atomic E-state index is 0.0692. The first-order chi connectivity index (χ1) is 13.7. The standard InChI is InChI=1S/C23H34N4O/c1-2-20-16-19(15-18-11-7-3-4-8-12-18)24-22-17-21(25-27(20)22)23(28)26-13-9-5-6-10-14-26/h16-18H,2-15H2,1H3. The minimum atomic E-state index is 0.0692. The molecule has 1 aliphatic heterocycles. The van der Waals surface area contributed by atoms with Gasteiger partial charge in [-0.15, -0.1) is 0 Å². The highest BCUT2D eigenvalue weighted by Crippen LogP contribution is 2.26. The summed E-state index contributed by atoms with van der Waals surface area (Å²) in [4.78, 5) is 19.9. The van der Waals surface area contributed by atoms with E-state index in [1.54, 1.807) is 0 Å². The highest BCUT2D eigenvalue weighted by molar-refractivity contribution is 5.93. The molecule has 2 aromatic rings. The fourth-order valence-corrected chi connectivity index (χ4v) is 4.86. The molecule has 5 nitrogen and oxygen atoms in total. The second kappa shape index (κ2) is 9.06. The maximum Gasteiger partial charge on any atom is 0.274 e. The first-order valence-corrected chi connectivity index (χ1v) is 11.4. The van der Waals surface area contributed by atoms with E-state index >= 15 is 0 Å². The number of fused-ring (bicyclic) bond motifs is 1. The molecular weight excluding hydrogens is 348 g/mol. The summed E-state index contributed by atoms with van der Waals surface area (Å²) in [6, 6.07) is 4.12. The Labute approximate surface area is 168 Å². The lowest BCUT2D eigenvalue weighted by Crippen LogP contribution is -2.32. The zero-order valence-electron chi connectivity index (χ0n) is 17.3. The average Bonchev–Trinajstić information content (AvgIpc) is 2.88. The van der Waals surface area contributed by atoms with Crippen LogP contribution in [0.1, 0.15) is 93.0 Å². The third-order valence-electron chi connectivity index (χ3n) is 6.50. The molecule has 152 valence electrons. The van der Waals surface area contributed by atoms with E-state index in [1.165, 1.54) is 57.1 Å². The molecule has 0 N–H and O–H groups in total. The van der Waals surface area contributed by atoms with Crippen molar-refractivity contribution >= 4 is 11.6 Å². The summed E-state index contributed by atoms with van der Waals surface area (Å²) >= 11 is 0. The molecule has 5 heteroatoms. The van der Waals surface area contributed by atoms with Crippen LogP contribution in [0, 0.1) is 5.92 Å². The molecule has 2 aliphatic rings. The predicted molar refractivity (Wildman–Crippen MR) is 112 cm³/mol. The molecule has 28 heavy (non-hydrogen) atoms. The Morgan fingerprint density at radius 2 is 1.68 bits per heavy atom. The Morgan fingerprint density at radius 1 is 1.00 bits per heavy atom. The molecule has 3 heterocycles. The Kier molecular flexibility index (Phi) is 6.28. The summed E-state index contributed by atoms with van der Waals surface area (Å²) in [7, 11) is 0. The van der Waals surface area contributed by atoms with Crippen LogP contribution in [0.5, 0.6) is 0 Å². The average molecular weight is 383 g/mol. The van der Waals surface area contributed by atoms with E-state index in [0.717, 1.165) is 56.0 Å². The van der Waals surface area contributed by atoms with Gasteiger partial charge in [0, 0.05) is 30.5 Å². The molecule has 0 radical (unpaired) electrons. The number of aromatic nitrogens is 3. The van der Waals surface area contributed by atoms with Crippen LogP contribution in [-0.2, 0) is 12.8 Å². The van der Waals surface area contributed by atoms with E-state index in [1.807, 2.05) is 15.5 Å². The van der Waals surface area contributed by atoms with Crippen LogP contribution < -0.4 is 0 Å². The summed E-state index contributed by atoms with van der Waals surface area (Å²) in [6.07, 6.45) is 14.7. The monoisotopic (exact) mass is 382 g/mol.